The molecule has 128 valence electrons. The largest absolute Gasteiger partial charge is 0.416 e. The molecule has 8 heteroatoms. The molecular weight excluding hydrogens is 352 g/mol. The maximum atomic E-state index is 12.9. The van der Waals surface area contributed by atoms with Gasteiger partial charge in [0, 0.05) is 16.3 Å². The normalized spacial score (nSPS) is 14.4. The van der Waals surface area contributed by atoms with Crippen molar-refractivity contribution in [1.82, 2.24) is 0 Å². The predicted molar refractivity (Wildman–Crippen MR) is 79.7 cm³/mol. The Labute approximate surface area is 138 Å². The van der Waals surface area contributed by atoms with Gasteiger partial charge in [0.1, 0.15) is 0 Å². The van der Waals surface area contributed by atoms with Gasteiger partial charge in [-0.3, -0.25) is 0 Å². The summed E-state index contributed by atoms with van der Waals surface area (Å²) in [7, 11) is 0. The number of alkyl halides is 6. The number of halogens is 6. The van der Waals surface area contributed by atoms with Crippen LogP contribution in [0.4, 0.5) is 37.7 Å². The molecule has 0 bridgehead atoms. The topological polar surface area (TPSA) is 3.24 Å². The third-order valence-electron chi connectivity index (χ3n) is 3.69. The van der Waals surface area contributed by atoms with Crippen LogP contribution in [-0.2, 0) is 12.4 Å². The van der Waals surface area contributed by atoms with Gasteiger partial charge in [0.2, 0.25) is 0 Å². The van der Waals surface area contributed by atoms with E-state index in [1.165, 1.54) is 12.1 Å². The Kier molecular flexibility index (Phi) is 3.98. The van der Waals surface area contributed by atoms with Crippen LogP contribution in [0, 0.1) is 0 Å². The smallest absolute Gasteiger partial charge is 0.340 e. The van der Waals surface area contributed by atoms with Crippen molar-refractivity contribution in [2.24, 2.45) is 0 Å². The minimum Gasteiger partial charge on any atom is -0.340 e. The van der Waals surface area contributed by atoms with Crippen LogP contribution in [0.3, 0.4) is 0 Å². The Morgan fingerprint density at radius 2 is 1.21 bits per heavy atom. The summed E-state index contributed by atoms with van der Waals surface area (Å²) in [5, 5.41) is 0. The van der Waals surface area contributed by atoms with E-state index in [0.29, 0.717) is 27.7 Å². The van der Waals surface area contributed by atoms with Crippen molar-refractivity contribution < 1.29 is 26.3 Å². The molecule has 0 fully saturated rings. The monoisotopic (exact) mass is 363 g/mol. The molecule has 0 unspecified atom stereocenters. The van der Waals surface area contributed by atoms with Crippen molar-refractivity contribution >= 4 is 23.1 Å². The first kappa shape index (κ1) is 17.0. The van der Waals surface area contributed by atoms with E-state index in [1.807, 2.05) is 0 Å². The van der Waals surface area contributed by atoms with Crippen LogP contribution in [0.2, 0.25) is 0 Å². The van der Waals surface area contributed by atoms with Crippen molar-refractivity contribution in [1.29, 1.82) is 0 Å². The van der Waals surface area contributed by atoms with Crippen molar-refractivity contribution in [2.45, 2.75) is 29.1 Å². The van der Waals surface area contributed by atoms with Gasteiger partial charge in [-0.2, -0.15) is 26.3 Å². The van der Waals surface area contributed by atoms with Crippen molar-refractivity contribution in [3.8, 4) is 0 Å². The fraction of sp³-hybridized carbons (Fsp3) is 0.250. The molecule has 0 radical (unpaired) electrons. The number of benzene rings is 2. The maximum absolute atomic E-state index is 12.9. The molecule has 1 aliphatic heterocycles. The molecule has 0 aromatic heterocycles. The Hall–Kier alpha value is -1.83. The van der Waals surface area contributed by atoms with E-state index in [-0.39, 0.29) is 0 Å². The lowest BCUT2D eigenvalue weighted by molar-refractivity contribution is -0.138. The molecule has 0 spiro atoms. The van der Waals surface area contributed by atoms with Crippen molar-refractivity contribution in [3.63, 3.8) is 0 Å². The molecule has 1 aliphatic rings. The molecule has 0 N–H and O–H groups in total. The number of hydrogen-bond donors (Lipinski definition) is 0. The number of anilines is 2. The maximum Gasteiger partial charge on any atom is 0.416 e. The van der Waals surface area contributed by atoms with Crippen molar-refractivity contribution in [2.75, 3.05) is 11.4 Å². The Morgan fingerprint density at radius 3 is 1.54 bits per heavy atom. The Morgan fingerprint density at radius 1 is 0.792 bits per heavy atom. The molecular formula is C16H11F6NS. The lowest BCUT2D eigenvalue weighted by Gasteiger charge is -2.32. The van der Waals surface area contributed by atoms with Crippen LogP contribution in [0.25, 0.3) is 0 Å². The molecule has 0 amide bonds. The first-order valence-electron chi connectivity index (χ1n) is 6.99. The highest BCUT2D eigenvalue weighted by atomic mass is 32.2. The Bertz CT molecular complexity index is 718. The van der Waals surface area contributed by atoms with Gasteiger partial charge in [0.15, 0.2) is 0 Å². The summed E-state index contributed by atoms with van der Waals surface area (Å²) in [4.78, 5) is 2.29. The van der Waals surface area contributed by atoms with Crippen LogP contribution in [0.5, 0.6) is 0 Å². The molecule has 2 aromatic rings. The fourth-order valence-corrected chi connectivity index (χ4v) is 3.75. The summed E-state index contributed by atoms with van der Waals surface area (Å²) in [5.74, 6) is 0. The molecule has 0 atom stereocenters. The van der Waals surface area contributed by atoms with E-state index >= 15 is 0 Å². The summed E-state index contributed by atoms with van der Waals surface area (Å²) in [5.41, 5.74) is -0.522. The number of fused-ring (bicyclic) bond motifs is 2. The van der Waals surface area contributed by atoms with Gasteiger partial charge in [-0.1, -0.05) is 11.8 Å². The minimum atomic E-state index is -4.50. The summed E-state index contributed by atoms with van der Waals surface area (Å²) in [6.07, 6.45) is -9.00. The third-order valence-corrected chi connectivity index (χ3v) is 4.79. The first-order chi connectivity index (χ1) is 11.1. The second kappa shape index (κ2) is 5.61. The molecule has 1 nitrogen and oxygen atoms in total. The number of rotatable bonds is 1. The van der Waals surface area contributed by atoms with Gasteiger partial charge in [-0.25, -0.2) is 0 Å². The zero-order valence-corrected chi connectivity index (χ0v) is 13.1. The lowest BCUT2D eigenvalue weighted by Crippen LogP contribution is -2.21. The summed E-state index contributed by atoms with van der Waals surface area (Å²) in [6.45, 7) is 2.22. The molecule has 24 heavy (non-hydrogen) atoms. The van der Waals surface area contributed by atoms with E-state index in [2.05, 4.69) is 0 Å². The minimum absolute atomic E-state index is 0.290. The first-order valence-corrected chi connectivity index (χ1v) is 7.81. The van der Waals surface area contributed by atoms with Crippen LogP contribution < -0.4 is 4.90 Å². The van der Waals surface area contributed by atoms with E-state index in [0.717, 1.165) is 36.0 Å². The molecule has 0 saturated heterocycles. The SMILES string of the molecule is CCN1c2ccc(C(F)(F)F)cc2Sc2cc(C(F)(F)F)ccc21. The van der Waals surface area contributed by atoms with Crippen molar-refractivity contribution in [3.05, 3.63) is 47.5 Å². The van der Waals surface area contributed by atoms with Gasteiger partial charge in [0.25, 0.3) is 0 Å². The Balaban J connectivity index is 2.11. The van der Waals surface area contributed by atoms with Crippen LogP contribution in [-0.4, -0.2) is 6.54 Å². The summed E-state index contributed by atoms with van der Waals surface area (Å²) >= 11 is 0.921. The zero-order chi connectivity index (χ0) is 17.7. The second-order valence-electron chi connectivity index (χ2n) is 5.21. The van der Waals surface area contributed by atoms with E-state index < -0.39 is 23.5 Å². The van der Waals surface area contributed by atoms with E-state index in [9.17, 15) is 26.3 Å². The van der Waals surface area contributed by atoms with Gasteiger partial charge in [0.05, 0.1) is 22.5 Å². The highest BCUT2D eigenvalue weighted by Crippen LogP contribution is 2.50. The molecule has 3 rings (SSSR count). The third kappa shape index (κ3) is 2.94. The molecule has 0 aliphatic carbocycles. The molecule has 2 aromatic carbocycles. The quantitative estimate of drug-likeness (QED) is 0.544. The van der Waals surface area contributed by atoms with Gasteiger partial charge in [-0.15, -0.1) is 0 Å². The number of nitrogens with zero attached hydrogens (tertiary/aromatic N) is 1. The van der Waals surface area contributed by atoms with Crippen LogP contribution in [0.15, 0.2) is 46.2 Å². The summed E-state index contributed by atoms with van der Waals surface area (Å²) < 4.78 is 77.3. The second-order valence-corrected chi connectivity index (χ2v) is 6.29. The van der Waals surface area contributed by atoms with E-state index in [4.69, 9.17) is 0 Å². The van der Waals surface area contributed by atoms with E-state index in [1.54, 1.807) is 11.8 Å². The number of hydrogen-bond acceptors (Lipinski definition) is 2. The predicted octanol–water partition coefficient (Wildman–Crippen LogP) is 6.35. The van der Waals surface area contributed by atoms with Gasteiger partial charge >= 0.3 is 12.4 Å². The van der Waals surface area contributed by atoms with Crippen LogP contribution in [0.1, 0.15) is 18.1 Å². The molecule has 0 saturated carbocycles. The highest BCUT2D eigenvalue weighted by Gasteiger charge is 2.35. The average molecular weight is 363 g/mol. The highest BCUT2D eigenvalue weighted by molar-refractivity contribution is 7.99. The zero-order valence-electron chi connectivity index (χ0n) is 12.3. The van der Waals surface area contributed by atoms with Gasteiger partial charge < -0.3 is 4.90 Å². The molecule has 1 heterocycles. The van der Waals surface area contributed by atoms with Crippen LogP contribution >= 0.6 is 11.8 Å². The fourth-order valence-electron chi connectivity index (χ4n) is 2.58. The average Bonchev–Trinajstić information content (AvgIpc) is 2.49. The van der Waals surface area contributed by atoms with Gasteiger partial charge in [-0.05, 0) is 43.3 Å². The standard InChI is InChI=1S/C16H11F6NS/c1-2-23-11-5-3-9(15(17,18)19)7-13(11)24-14-8-10(16(20,21)22)4-6-12(14)23/h3-8H,2H2,1H3. The lowest BCUT2D eigenvalue weighted by atomic mass is 10.1. The summed E-state index contributed by atoms with van der Waals surface area (Å²) in [6, 6.07) is 6.64.